The SMILES string of the molecule is C.C.C.CC(C)(C)NC(=O)N1CCN(c2ncc(-c3cccc(C(F)(F)F)c3)[nH]2)CC1.CS(=O)(=O)N1CCN(c2ncc(-c3cccc(C(F)(F)F)c3)[nH]2)CC1.O=C(NC1CCCCC1)N1CCN(c2ncc(-c3cccc(C(F)(F)F)c3)[nH]2)CC1.O=C(Nc1ccccc1)N1CCN(c2ncc(-c3cccc(C(F)(F)F)c3)[nH]2)CC1.O=C(c1ccccn1)N1CCN(c2ncc(-c3cccc(C(F)(F)F)c3)[nH]2)CC1. The molecule has 18 rings (SSSR count). The summed E-state index contributed by atoms with van der Waals surface area (Å²) in [5, 5.41) is 8.94. The van der Waals surface area contributed by atoms with Gasteiger partial charge in [-0.15, -0.1) is 0 Å². The first-order valence-electron chi connectivity index (χ1n) is 45.7. The second kappa shape index (κ2) is 47.9. The summed E-state index contributed by atoms with van der Waals surface area (Å²) in [4.78, 5) is 107. The van der Waals surface area contributed by atoms with E-state index in [-0.39, 0.29) is 57.9 Å². The van der Waals surface area contributed by atoms with Gasteiger partial charge >= 0.3 is 49.0 Å². The number of nitrogens with one attached hydrogen (secondary N) is 8. The van der Waals surface area contributed by atoms with E-state index < -0.39 is 68.7 Å². The Morgan fingerprint density at radius 2 is 0.614 bits per heavy atom. The second-order valence-electron chi connectivity index (χ2n) is 35.3. The number of carbonyl (C=O) groups excluding carboxylic acids is 4. The van der Waals surface area contributed by atoms with Crippen molar-refractivity contribution in [2.24, 2.45) is 0 Å². The Hall–Kier alpha value is -14.3. The minimum absolute atomic E-state index is 0. The van der Waals surface area contributed by atoms with Crippen LogP contribution in [0.5, 0.6) is 0 Å². The first-order chi connectivity index (χ1) is 67.4. The number of nitrogens with zero attached hydrogens (tertiary/aromatic N) is 16. The maximum absolute atomic E-state index is 13.0. The highest BCUT2D eigenvalue weighted by atomic mass is 32.2. The highest BCUT2D eigenvalue weighted by Gasteiger charge is 2.38. The number of hydrogen-bond donors (Lipinski definition) is 8. The zero-order chi connectivity index (χ0) is 101. The number of carbonyl (C=O) groups is 4. The van der Waals surface area contributed by atoms with Gasteiger partial charge in [0.25, 0.3) is 5.91 Å². The number of hydrogen-bond acceptors (Lipinski definition) is 17. The smallest absolute Gasteiger partial charge is 0.340 e. The lowest BCUT2D eigenvalue weighted by atomic mass is 9.96. The van der Waals surface area contributed by atoms with Crippen molar-refractivity contribution in [3.05, 3.63) is 241 Å². The number of piperazine rings is 5. The van der Waals surface area contributed by atoms with Gasteiger partial charge in [0.2, 0.25) is 39.8 Å². The van der Waals surface area contributed by atoms with Gasteiger partial charge in [-0.2, -0.15) is 70.2 Å². The van der Waals surface area contributed by atoms with Crippen molar-refractivity contribution < 1.29 is 93.5 Å². The summed E-state index contributed by atoms with van der Waals surface area (Å²) in [5.41, 5.74) is 2.01. The lowest BCUT2D eigenvalue weighted by molar-refractivity contribution is -0.138. The lowest BCUT2D eigenvalue weighted by Gasteiger charge is -2.36. The molecule has 6 aliphatic rings. The van der Waals surface area contributed by atoms with E-state index in [2.05, 4.69) is 70.8 Å². The molecular weight excluding hydrogens is 1940 g/mol. The minimum Gasteiger partial charge on any atom is -0.340 e. The first-order valence-corrected chi connectivity index (χ1v) is 47.5. The third-order valence-electron chi connectivity index (χ3n) is 24.1. The molecule has 145 heavy (non-hydrogen) atoms. The van der Waals surface area contributed by atoms with Crippen molar-refractivity contribution in [1.82, 2.24) is 89.4 Å². The van der Waals surface area contributed by atoms with Crippen molar-refractivity contribution in [2.75, 3.05) is 167 Å². The summed E-state index contributed by atoms with van der Waals surface area (Å²) in [6.07, 6.45) is -5.90. The van der Waals surface area contributed by atoms with E-state index in [0.29, 0.717) is 223 Å². The van der Waals surface area contributed by atoms with Crippen LogP contribution in [-0.4, -0.2) is 260 Å². The number of benzene rings is 6. The van der Waals surface area contributed by atoms with Crippen molar-refractivity contribution in [1.29, 1.82) is 0 Å². The summed E-state index contributed by atoms with van der Waals surface area (Å²) in [5.74, 6) is 2.74. The molecule has 6 aromatic carbocycles. The molecule has 12 aromatic rings. The van der Waals surface area contributed by atoms with E-state index in [4.69, 9.17) is 0 Å². The lowest BCUT2D eigenvalue weighted by Crippen LogP contribution is -2.55. The summed E-state index contributed by atoms with van der Waals surface area (Å²) >= 11 is 0. The fourth-order valence-electron chi connectivity index (χ4n) is 16.4. The van der Waals surface area contributed by atoms with Crippen molar-refractivity contribution in [3.63, 3.8) is 0 Å². The van der Waals surface area contributed by atoms with Crippen LogP contribution in [0.15, 0.2) is 207 Å². The fraction of sp³-hybridized carbons (Fsp3) is 0.394. The van der Waals surface area contributed by atoms with Gasteiger partial charge in [-0.05, 0) is 119 Å². The Morgan fingerprint density at radius 3 is 0.897 bits per heavy atom. The Labute approximate surface area is 829 Å². The van der Waals surface area contributed by atoms with E-state index in [1.54, 1.807) is 75.6 Å². The number of halogens is 15. The number of anilines is 6. The largest absolute Gasteiger partial charge is 0.416 e. The number of alkyl halides is 15. The number of pyridine rings is 1. The number of rotatable bonds is 14. The number of sulfonamides is 1. The Kier molecular flexibility index (Phi) is 36.7. The Balaban J connectivity index is 0.000000172. The minimum atomic E-state index is -4.40. The van der Waals surface area contributed by atoms with Gasteiger partial charge in [0, 0.05) is 182 Å². The Morgan fingerprint density at radius 1 is 0.331 bits per heavy atom. The van der Waals surface area contributed by atoms with Gasteiger partial charge in [0.15, 0.2) is 0 Å². The molecule has 0 bridgehead atoms. The van der Waals surface area contributed by atoms with Crippen molar-refractivity contribution in [2.45, 2.75) is 118 Å². The molecule has 1 aliphatic carbocycles. The molecule has 0 atom stereocenters. The van der Waals surface area contributed by atoms with E-state index in [1.807, 2.05) is 80.5 Å². The van der Waals surface area contributed by atoms with Crippen LogP contribution < -0.4 is 40.4 Å². The molecular formula is C99H117F15N24O6S. The number of aromatic nitrogens is 11. The topological polar surface area (TPSA) is 327 Å². The van der Waals surface area contributed by atoms with Gasteiger partial charge in [-0.3, -0.25) is 9.78 Å². The number of para-hydroxylation sites is 1. The molecule has 1 saturated carbocycles. The number of urea groups is 3. The average molecular weight is 2060 g/mol. The van der Waals surface area contributed by atoms with Gasteiger partial charge < -0.3 is 85.0 Å². The standard InChI is InChI=1S/C21H26F3N5O.C21H20F3N5O.C20H18F3N5O.C19H24F3N5O.C15H17F3N4O2S.3CH4/c2*22-21(23,24)16-6-4-5-15(13-16)18-14-25-19(27-18)28-9-11-29(12-10-28)20(30)26-17-7-2-1-3-8-17;21-20(22,23)15-5-3-4-14(12-15)17-13-25-19(26-17)28-10-8-27(9-11-28)18(29)16-6-1-2-7-24-16;1-18(2,3)25-17(28)27-9-7-26(8-10-27)16-23-12-15(24-16)13-5-4-6-14(11-13)19(20,21)22;1-25(23,24)22-7-5-21(6-8-22)14-19-10-13(20-14)11-3-2-4-12(9-11)15(16,17)18;;;/h4-6,13-14,17H,1-3,7-12H2,(H,25,27)(H,26,30);1-8,13-14H,9-12H2,(H,25,27)(H,26,30);1-7,12-13H,8-11H2,(H,25,26);4-6,11-12H,7-10H2,1-3H3,(H,23,24)(H,25,28);2-4,9-10H,5-8H2,1H3,(H,19,20);3*1H4. The molecule has 0 radical (unpaired) electrons. The number of aromatic amines is 5. The molecule has 6 fully saturated rings. The molecule has 780 valence electrons. The third kappa shape index (κ3) is 30.4. The molecule has 0 unspecified atom stereocenters. The van der Waals surface area contributed by atoms with E-state index >= 15 is 0 Å². The van der Waals surface area contributed by atoms with Crippen LogP contribution in [-0.2, 0) is 40.9 Å². The van der Waals surface area contributed by atoms with Gasteiger partial charge in [0.05, 0.1) is 93.5 Å². The van der Waals surface area contributed by atoms with Gasteiger partial charge in [-0.1, -0.05) is 126 Å². The van der Waals surface area contributed by atoms with Crippen LogP contribution in [0.25, 0.3) is 56.3 Å². The summed E-state index contributed by atoms with van der Waals surface area (Å²) in [6.45, 7) is 16.4. The van der Waals surface area contributed by atoms with Crippen LogP contribution in [0.3, 0.4) is 0 Å². The van der Waals surface area contributed by atoms with Crippen LogP contribution in [0.1, 0.15) is 113 Å². The molecule has 11 heterocycles. The summed E-state index contributed by atoms with van der Waals surface area (Å²) in [7, 11) is -3.22. The fourth-order valence-corrected chi connectivity index (χ4v) is 17.2. The molecule has 7 amide bonds. The monoisotopic (exact) mass is 2050 g/mol. The molecule has 0 spiro atoms. The van der Waals surface area contributed by atoms with Crippen molar-refractivity contribution in [3.8, 4) is 56.3 Å². The predicted molar refractivity (Wildman–Crippen MR) is 527 cm³/mol. The summed E-state index contributed by atoms with van der Waals surface area (Å²) in [6, 6.07) is 40.1. The number of H-pyrrole nitrogens is 5. The molecule has 30 nitrogen and oxygen atoms in total. The zero-order valence-electron chi connectivity index (χ0n) is 77.6. The molecule has 8 N–H and O–H groups in total. The quantitative estimate of drug-likeness (QED) is 0.0469. The highest BCUT2D eigenvalue weighted by Crippen LogP contribution is 2.39. The normalized spacial score (nSPS) is 15.8. The molecule has 46 heteroatoms. The maximum atomic E-state index is 13.0. The van der Waals surface area contributed by atoms with Gasteiger partial charge in [0.1, 0.15) is 5.69 Å². The Bertz CT molecular complexity index is 6320. The maximum Gasteiger partial charge on any atom is 0.416 e. The molecule has 6 aromatic heterocycles. The van der Waals surface area contributed by atoms with Crippen LogP contribution >= 0.6 is 0 Å². The summed E-state index contributed by atoms with van der Waals surface area (Å²) < 4.78 is 218. The van der Waals surface area contributed by atoms with Crippen LogP contribution in [0.2, 0.25) is 0 Å². The molecule has 5 aliphatic heterocycles. The first kappa shape index (κ1) is 111. The van der Waals surface area contributed by atoms with E-state index in [9.17, 15) is 93.5 Å². The highest BCUT2D eigenvalue weighted by molar-refractivity contribution is 7.88. The number of amides is 7. The predicted octanol–water partition coefficient (Wildman–Crippen LogP) is 20.0. The second-order valence-corrected chi connectivity index (χ2v) is 37.3. The van der Waals surface area contributed by atoms with Crippen molar-refractivity contribution >= 4 is 69.5 Å². The van der Waals surface area contributed by atoms with E-state index in [0.717, 1.165) is 79.2 Å². The number of imidazole rings is 5. The average Bonchev–Trinajstić information content (AvgIpc) is 1.71. The van der Waals surface area contributed by atoms with E-state index in [1.165, 1.54) is 84.9 Å². The third-order valence-corrected chi connectivity index (χ3v) is 25.4. The van der Waals surface area contributed by atoms with Gasteiger partial charge in [-0.25, -0.2) is 47.7 Å². The zero-order valence-corrected chi connectivity index (χ0v) is 78.4. The van der Waals surface area contributed by atoms with Crippen LogP contribution in [0.4, 0.5) is 116 Å². The molecule has 5 saturated heterocycles. The van der Waals surface area contributed by atoms with Crippen LogP contribution in [0, 0.1) is 0 Å².